The molecule has 1 unspecified atom stereocenters. The van der Waals surface area contributed by atoms with Gasteiger partial charge < -0.3 is 9.84 Å². The SMILES string of the molecule is Cc1ncc(OC[C@@]2(C3C=CC(F)=C(F)C3)C[C@H]2C(=O)O)c(C)n1. The van der Waals surface area contributed by atoms with Crippen molar-refractivity contribution in [3.8, 4) is 5.75 Å². The molecule has 2 aliphatic rings. The summed E-state index contributed by atoms with van der Waals surface area (Å²) in [5.41, 5.74) is -0.0842. The topological polar surface area (TPSA) is 72.3 Å². The van der Waals surface area contributed by atoms with Gasteiger partial charge in [-0.2, -0.15) is 0 Å². The zero-order valence-electron chi connectivity index (χ0n) is 13.4. The van der Waals surface area contributed by atoms with Crippen molar-refractivity contribution in [2.24, 2.45) is 17.3 Å². The molecular formula is C17H18F2N2O3. The van der Waals surface area contributed by atoms with Crippen molar-refractivity contribution in [1.29, 1.82) is 0 Å². The van der Waals surface area contributed by atoms with E-state index in [0.717, 1.165) is 6.08 Å². The van der Waals surface area contributed by atoms with Gasteiger partial charge in [-0.1, -0.05) is 6.08 Å². The van der Waals surface area contributed by atoms with Crippen LogP contribution in [-0.4, -0.2) is 27.7 Å². The minimum absolute atomic E-state index is 0.0983. The lowest BCUT2D eigenvalue weighted by Crippen LogP contribution is -2.28. The van der Waals surface area contributed by atoms with Gasteiger partial charge in [0.05, 0.1) is 24.4 Å². The van der Waals surface area contributed by atoms with Gasteiger partial charge in [0.2, 0.25) is 0 Å². The van der Waals surface area contributed by atoms with Gasteiger partial charge in [-0.15, -0.1) is 0 Å². The van der Waals surface area contributed by atoms with E-state index in [9.17, 15) is 18.7 Å². The minimum atomic E-state index is -0.945. The number of nitrogens with zero attached hydrogens (tertiary/aromatic N) is 2. The highest BCUT2D eigenvalue weighted by molar-refractivity contribution is 5.75. The average Bonchev–Trinajstić information content (AvgIpc) is 3.25. The fourth-order valence-electron chi connectivity index (χ4n) is 3.30. The maximum absolute atomic E-state index is 13.6. The van der Waals surface area contributed by atoms with Gasteiger partial charge in [0.1, 0.15) is 11.7 Å². The summed E-state index contributed by atoms with van der Waals surface area (Å²) in [6.45, 7) is 3.63. The Morgan fingerprint density at radius 3 is 2.79 bits per heavy atom. The van der Waals surface area contributed by atoms with Gasteiger partial charge in [-0.3, -0.25) is 4.79 Å². The Balaban J connectivity index is 1.78. The van der Waals surface area contributed by atoms with Crippen LogP contribution >= 0.6 is 0 Å². The second-order valence-electron chi connectivity index (χ2n) is 6.41. The summed E-state index contributed by atoms with van der Waals surface area (Å²) in [6.07, 6.45) is 4.39. The van der Waals surface area contributed by atoms with E-state index < -0.39 is 34.9 Å². The molecule has 24 heavy (non-hydrogen) atoms. The van der Waals surface area contributed by atoms with E-state index in [1.54, 1.807) is 26.1 Å². The molecule has 0 amide bonds. The second kappa shape index (κ2) is 5.96. The number of aryl methyl sites for hydroxylation is 2. The highest BCUT2D eigenvalue weighted by Gasteiger charge is 2.63. The summed E-state index contributed by atoms with van der Waals surface area (Å²) in [7, 11) is 0. The lowest BCUT2D eigenvalue weighted by molar-refractivity contribution is -0.140. The smallest absolute Gasteiger partial charge is 0.307 e. The number of ether oxygens (including phenoxy) is 1. The van der Waals surface area contributed by atoms with E-state index in [1.807, 2.05) is 0 Å². The Kier molecular flexibility index (Phi) is 4.11. The molecule has 3 rings (SSSR count). The molecule has 0 aromatic carbocycles. The molecule has 0 saturated heterocycles. The summed E-state index contributed by atoms with van der Waals surface area (Å²) in [6, 6.07) is 0. The number of carboxylic acid groups (broad SMARTS) is 1. The Morgan fingerprint density at radius 1 is 1.46 bits per heavy atom. The fraction of sp³-hybridized carbons (Fsp3) is 0.471. The summed E-state index contributed by atoms with van der Waals surface area (Å²) in [5.74, 6) is -2.64. The molecule has 0 bridgehead atoms. The first-order valence-electron chi connectivity index (χ1n) is 7.71. The van der Waals surface area contributed by atoms with Crippen LogP contribution in [0.15, 0.2) is 30.0 Å². The average molecular weight is 336 g/mol. The molecule has 1 aromatic rings. The zero-order chi connectivity index (χ0) is 17.5. The van der Waals surface area contributed by atoms with Crippen LogP contribution in [0.25, 0.3) is 0 Å². The first-order chi connectivity index (χ1) is 11.3. The monoisotopic (exact) mass is 336 g/mol. The van der Waals surface area contributed by atoms with E-state index in [-0.39, 0.29) is 13.0 Å². The Bertz CT molecular complexity index is 747. The van der Waals surface area contributed by atoms with Gasteiger partial charge >= 0.3 is 5.97 Å². The zero-order valence-corrected chi connectivity index (χ0v) is 13.4. The maximum atomic E-state index is 13.6. The highest BCUT2D eigenvalue weighted by atomic mass is 19.2. The second-order valence-corrected chi connectivity index (χ2v) is 6.41. The largest absolute Gasteiger partial charge is 0.489 e. The molecule has 1 saturated carbocycles. The van der Waals surface area contributed by atoms with Crippen molar-refractivity contribution in [3.05, 3.63) is 41.5 Å². The van der Waals surface area contributed by atoms with Gasteiger partial charge in [-0.05, 0) is 32.3 Å². The first kappa shape index (κ1) is 16.5. The molecule has 0 aliphatic heterocycles. The predicted octanol–water partition coefficient (Wildman–Crippen LogP) is 3.29. The third-order valence-corrected chi connectivity index (χ3v) is 4.84. The predicted molar refractivity (Wildman–Crippen MR) is 81.7 cm³/mol. The van der Waals surface area contributed by atoms with Crippen molar-refractivity contribution in [2.75, 3.05) is 6.61 Å². The van der Waals surface area contributed by atoms with Crippen LogP contribution in [0.3, 0.4) is 0 Å². The molecule has 7 heteroatoms. The number of halogens is 2. The molecule has 1 aromatic heterocycles. The Morgan fingerprint density at radius 2 is 2.21 bits per heavy atom. The summed E-state index contributed by atoms with van der Waals surface area (Å²) in [5, 5.41) is 9.34. The number of hydrogen-bond donors (Lipinski definition) is 1. The molecule has 1 fully saturated rings. The van der Waals surface area contributed by atoms with E-state index >= 15 is 0 Å². The molecule has 5 nitrogen and oxygen atoms in total. The van der Waals surface area contributed by atoms with E-state index in [0.29, 0.717) is 23.7 Å². The van der Waals surface area contributed by atoms with Crippen molar-refractivity contribution in [3.63, 3.8) is 0 Å². The number of rotatable bonds is 5. The normalized spacial score (nSPS) is 28.8. The number of carboxylic acids is 1. The van der Waals surface area contributed by atoms with Crippen molar-refractivity contribution < 1.29 is 23.4 Å². The van der Waals surface area contributed by atoms with Crippen LogP contribution in [0.1, 0.15) is 24.4 Å². The van der Waals surface area contributed by atoms with Crippen LogP contribution in [0.2, 0.25) is 0 Å². The van der Waals surface area contributed by atoms with Crippen molar-refractivity contribution in [2.45, 2.75) is 26.7 Å². The molecule has 128 valence electrons. The van der Waals surface area contributed by atoms with Crippen LogP contribution in [-0.2, 0) is 4.79 Å². The summed E-state index contributed by atoms with van der Waals surface area (Å²) in [4.78, 5) is 19.7. The molecule has 3 atom stereocenters. The third kappa shape index (κ3) is 2.90. The number of aromatic nitrogens is 2. The van der Waals surface area contributed by atoms with E-state index in [2.05, 4.69) is 9.97 Å². The van der Waals surface area contributed by atoms with Crippen LogP contribution < -0.4 is 4.74 Å². The van der Waals surface area contributed by atoms with E-state index in [4.69, 9.17) is 4.74 Å². The first-order valence-corrected chi connectivity index (χ1v) is 7.71. The van der Waals surface area contributed by atoms with Crippen LogP contribution in [0.5, 0.6) is 5.75 Å². The van der Waals surface area contributed by atoms with E-state index in [1.165, 1.54) is 0 Å². The summed E-state index contributed by atoms with van der Waals surface area (Å²) >= 11 is 0. The summed E-state index contributed by atoms with van der Waals surface area (Å²) < 4.78 is 32.6. The number of carbonyl (C=O) groups is 1. The van der Waals surface area contributed by atoms with Crippen molar-refractivity contribution in [1.82, 2.24) is 9.97 Å². The van der Waals surface area contributed by atoms with Gasteiger partial charge in [0, 0.05) is 11.8 Å². The molecule has 0 radical (unpaired) electrons. The van der Waals surface area contributed by atoms with Crippen molar-refractivity contribution >= 4 is 5.97 Å². The quantitative estimate of drug-likeness (QED) is 0.893. The lowest BCUT2D eigenvalue weighted by atomic mass is 9.82. The molecule has 2 aliphatic carbocycles. The third-order valence-electron chi connectivity index (χ3n) is 4.84. The standard InChI is InChI=1S/C17H18F2N2O3/c1-9-15(7-20-10(2)21-9)24-8-17(6-12(17)16(22)23)11-3-4-13(18)14(19)5-11/h3-4,7,11-12H,5-6,8H2,1-2H3,(H,22,23)/t11?,12-,17+/m0/s1. The highest BCUT2D eigenvalue weighted by Crippen LogP contribution is 2.60. The molecule has 1 heterocycles. The molecule has 0 spiro atoms. The fourth-order valence-corrected chi connectivity index (χ4v) is 3.30. The molecule has 1 N–H and O–H groups in total. The molecular weight excluding hydrogens is 318 g/mol. The minimum Gasteiger partial charge on any atom is -0.489 e. The Labute approximate surface area is 138 Å². The number of hydrogen-bond acceptors (Lipinski definition) is 4. The number of allylic oxidation sites excluding steroid dienone is 4. The van der Waals surface area contributed by atoms with Crippen LogP contribution in [0, 0.1) is 31.1 Å². The maximum Gasteiger partial charge on any atom is 0.307 e. The van der Waals surface area contributed by atoms with Crippen LogP contribution in [0.4, 0.5) is 8.78 Å². The Hall–Kier alpha value is -2.31. The van der Waals surface area contributed by atoms with Gasteiger partial charge in [0.25, 0.3) is 0 Å². The number of aliphatic carboxylic acids is 1. The lowest BCUT2D eigenvalue weighted by Gasteiger charge is -2.27. The van der Waals surface area contributed by atoms with Gasteiger partial charge in [-0.25, -0.2) is 18.7 Å². The van der Waals surface area contributed by atoms with Gasteiger partial charge in [0.15, 0.2) is 11.6 Å².